The van der Waals surface area contributed by atoms with Crippen molar-refractivity contribution in [2.45, 2.75) is 13.1 Å². The zero-order valence-corrected chi connectivity index (χ0v) is 8.50. The first kappa shape index (κ1) is 9.19. The van der Waals surface area contributed by atoms with Crippen LogP contribution in [0.3, 0.4) is 0 Å². The maximum Gasteiger partial charge on any atom is 0.264 e. The Hall–Kier alpha value is 0.0969. The fourth-order valence-electron chi connectivity index (χ4n) is 1.20. The van der Waals surface area contributed by atoms with Crippen LogP contribution in [0.4, 0.5) is 0 Å². The summed E-state index contributed by atoms with van der Waals surface area (Å²) in [6.07, 6.45) is 0. The molecule has 1 fully saturated rings. The second-order valence-electron chi connectivity index (χ2n) is 3.69. The number of nitrogens with zero attached hydrogens (tertiary/aromatic N) is 1. The molecule has 0 radical (unpaired) electrons. The molecule has 1 heterocycles. The van der Waals surface area contributed by atoms with Crippen LogP contribution in [0, 0.1) is 5.92 Å². The minimum absolute atomic E-state index is 0.245. The summed E-state index contributed by atoms with van der Waals surface area (Å²) in [5, 5.41) is 8.89. The molecule has 0 aliphatic carbocycles. The molecule has 0 saturated carbocycles. The third-order valence-corrected chi connectivity index (χ3v) is 5.28. The molecule has 1 rings (SSSR count). The van der Waals surface area contributed by atoms with E-state index in [0.717, 1.165) is 13.2 Å². The Morgan fingerprint density at radius 1 is 1.64 bits per heavy atom. The maximum absolute atomic E-state index is 8.89. The van der Waals surface area contributed by atoms with Gasteiger partial charge in [0, 0.05) is 25.7 Å². The summed E-state index contributed by atoms with van der Waals surface area (Å²) in [5.41, 5.74) is 0. The molecule has 0 bridgehead atoms. The van der Waals surface area contributed by atoms with Gasteiger partial charge in [0.05, 0.1) is 0 Å². The van der Waals surface area contributed by atoms with Crippen LogP contribution in [0.15, 0.2) is 0 Å². The van der Waals surface area contributed by atoms with Crippen LogP contribution in [0.5, 0.6) is 0 Å². The van der Waals surface area contributed by atoms with Crippen LogP contribution in [0.25, 0.3) is 0 Å². The SMILES string of the molecule is CN1CC(CO)CO[Si]1(C)C. The van der Waals surface area contributed by atoms with Gasteiger partial charge in [-0.3, -0.25) is 0 Å². The molecule has 1 unspecified atom stereocenters. The minimum Gasteiger partial charge on any atom is -0.403 e. The Kier molecular flexibility index (Phi) is 2.69. The molecule has 0 aromatic heterocycles. The summed E-state index contributed by atoms with van der Waals surface area (Å²) >= 11 is 0. The van der Waals surface area contributed by atoms with Crippen molar-refractivity contribution >= 4 is 8.48 Å². The smallest absolute Gasteiger partial charge is 0.264 e. The molecule has 1 N–H and O–H groups in total. The van der Waals surface area contributed by atoms with Crippen LogP contribution < -0.4 is 0 Å². The number of hydrogen-bond acceptors (Lipinski definition) is 3. The molecule has 0 aromatic rings. The predicted molar refractivity (Wildman–Crippen MR) is 46.6 cm³/mol. The van der Waals surface area contributed by atoms with E-state index in [1.165, 1.54) is 0 Å². The molecule has 1 aliphatic heterocycles. The van der Waals surface area contributed by atoms with Crippen molar-refractivity contribution in [2.75, 3.05) is 26.8 Å². The lowest BCUT2D eigenvalue weighted by Gasteiger charge is -2.40. The fraction of sp³-hybridized carbons (Fsp3) is 1.00. The van der Waals surface area contributed by atoms with E-state index in [-0.39, 0.29) is 6.61 Å². The average molecular weight is 175 g/mol. The van der Waals surface area contributed by atoms with Crippen LogP contribution in [0.1, 0.15) is 0 Å². The molecular weight excluding hydrogens is 158 g/mol. The monoisotopic (exact) mass is 175 g/mol. The summed E-state index contributed by atoms with van der Waals surface area (Å²) in [6, 6.07) is 0. The van der Waals surface area contributed by atoms with Gasteiger partial charge in [-0.1, -0.05) is 0 Å². The van der Waals surface area contributed by atoms with Crippen LogP contribution in [-0.2, 0) is 4.43 Å². The third-order valence-electron chi connectivity index (χ3n) is 2.38. The quantitative estimate of drug-likeness (QED) is 0.580. The number of rotatable bonds is 1. The van der Waals surface area contributed by atoms with Gasteiger partial charge < -0.3 is 14.1 Å². The van der Waals surface area contributed by atoms with Gasteiger partial charge in [-0.2, -0.15) is 0 Å². The number of aliphatic hydroxyl groups is 1. The van der Waals surface area contributed by atoms with Crippen molar-refractivity contribution in [3.63, 3.8) is 0 Å². The van der Waals surface area contributed by atoms with Crippen molar-refractivity contribution in [2.24, 2.45) is 5.92 Å². The summed E-state index contributed by atoms with van der Waals surface area (Å²) in [5.74, 6) is 0.320. The molecule has 66 valence electrons. The van der Waals surface area contributed by atoms with Crippen molar-refractivity contribution in [3.05, 3.63) is 0 Å². The molecule has 1 atom stereocenters. The molecule has 0 aromatic carbocycles. The third kappa shape index (κ3) is 2.02. The van der Waals surface area contributed by atoms with Crippen LogP contribution in [0.2, 0.25) is 13.1 Å². The highest BCUT2D eigenvalue weighted by Crippen LogP contribution is 2.18. The van der Waals surface area contributed by atoms with Crippen molar-refractivity contribution in [1.82, 2.24) is 4.57 Å². The summed E-state index contributed by atoms with van der Waals surface area (Å²) in [4.78, 5) is 0. The Labute approximate surface area is 69.2 Å². The maximum atomic E-state index is 8.89. The minimum atomic E-state index is -1.53. The van der Waals surface area contributed by atoms with E-state index >= 15 is 0 Å². The van der Waals surface area contributed by atoms with Gasteiger partial charge in [0.15, 0.2) is 0 Å². The molecule has 0 spiro atoms. The Balaban J connectivity index is 2.48. The lowest BCUT2D eigenvalue weighted by molar-refractivity contribution is 0.0957. The predicted octanol–water partition coefficient (Wildman–Crippen LogP) is 0.259. The topological polar surface area (TPSA) is 32.7 Å². The van der Waals surface area contributed by atoms with Gasteiger partial charge >= 0.3 is 0 Å². The van der Waals surface area contributed by atoms with E-state index in [9.17, 15) is 0 Å². The Morgan fingerprint density at radius 2 is 2.27 bits per heavy atom. The van der Waals surface area contributed by atoms with Crippen LogP contribution >= 0.6 is 0 Å². The molecule has 1 saturated heterocycles. The average Bonchev–Trinajstić information content (AvgIpc) is 1.95. The van der Waals surface area contributed by atoms with E-state index in [0.29, 0.717) is 5.92 Å². The lowest BCUT2D eigenvalue weighted by Crippen LogP contribution is -2.56. The highest BCUT2D eigenvalue weighted by atomic mass is 28.4. The molecule has 0 amide bonds. The summed E-state index contributed by atoms with van der Waals surface area (Å²) in [7, 11) is 0.548. The van der Waals surface area contributed by atoms with E-state index in [1.807, 2.05) is 0 Å². The van der Waals surface area contributed by atoms with Crippen molar-refractivity contribution < 1.29 is 9.53 Å². The van der Waals surface area contributed by atoms with E-state index in [1.54, 1.807) is 0 Å². The van der Waals surface area contributed by atoms with Crippen LogP contribution in [-0.4, -0.2) is 45.0 Å². The second-order valence-corrected chi connectivity index (χ2v) is 7.63. The van der Waals surface area contributed by atoms with Crippen molar-refractivity contribution in [3.8, 4) is 0 Å². The molecule has 11 heavy (non-hydrogen) atoms. The van der Waals surface area contributed by atoms with Gasteiger partial charge in [-0.15, -0.1) is 0 Å². The highest BCUT2D eigenvalue weighted by Gasteiger charge is 2.35. The normalized spacial score (nSPS) is 32.2. The lowest BCUT2D eigenvalue weighted by atomic mass is 10.2. The first-order valence-electron chi connectivity index (χ1n) is 4.02. The van der Waals surface area contributed by atoms with Gasteiger partial charge in [0.1, 0.15) is 0 Å². The molecule has 1 aliphatic rings. The Morgan fingerprint density at radius 3 is 2.73 bits per heavy atom. The number of hydrogen-bond donors (Lipinski definition) is 1. The zero-order valence-electron chi connectivity index (χ0n) is 7.50. The molecular formula is C7H17NO2Si. The highest BCUT2D eigenvalue weighted by molar-refractivity contribution is 6.68. The first-order chi connectivity index (χ1) is 5.06. The second kappa shape index (κ2) is 3.22. The van der Waals surface area contributed by atoms with E-state index < -0.39 is 8.48 Å². The Bertz CT molecular complexity index is 140. The number of aliphatic hydroxyl groups excluding tert-OH is 1. The van der Waals surface area contributed by atoms with Gasteiger partial charge in [-0.25, -0.2) is 0 Å². The standard InChI is InChI=1S/C7H17NO2Si/c1-8-4-7(5-9)6-10-11(8,2)3/h7,9H,4-6H2,1-3H3. The summed E-state index contributed by atoms with van der Waals surface area (Å²) in [6.45, 7) is 6.33. The summed E-state index contributed by atoms with van der Waals surface area (Å²) < 4.78 is 7.95. The van der Waals surface area contributed by atoms with Crippen molar-refractivity contribution in [1.29, 1.82) is 0 Å². The first-order valence-corrected chi connectivity index (χ1v) is 6.88. The van der Waals surface area contributed by atoms with Gasteiger partial charge in [0.25, 0.3) is 8.48 Å². The molecule has 3 nitrogen and oxygen atoms in total. The van der Waals surface area contributed by atoms with Gasteiger partial charge in [0.2, 0.25) is 0 Å². The van der Waals surface area contributed by atoms with Gasteiger partial charge in [-0.05, 0) is 20.1 Å². The van der Waals surface area contributed by atoms with E-state index in [4.69, 9.17) is 9.53 Å². The molecule has 4 heteroatoms. The van der Waals surface area contributed by atoms with E-state index in [2.05, 4.69) is 24.7 Å². The largest absolute Gasteiger partial charge is 0.403 e. The fourth-order valence-corrected chi connectivity index (χ4v) is 2.76. The zero-order chi connectivity index (χ0) is 8.48.